The largest absolute Gasteiger partial charge is 0.508 e. The highest BCUT2D eigenvalue weighted by Crippen LogP contribution is 2.27. The predicted molar refractivity (Wildman–Crippen MR) is 110 cm³/mol. The molecule has 0 aliphatic rings. The molecule has 3 rings (SSSR count). The molecule has 1 atom stereocenters. The Morgan fingerprint density at radius 2 is 1.40 bits per heavy atom. The number of carbonyl (C=O) groups excluding carboxylic acids is 1. The standard InChI is InChI=1S/C24H22O6/c25-19-12-11-18(22(26)14-19)13-20(23(27)28)24(29)30-15-21(16-7-3-1-4-8-16)17-9-5-2-6-10-17/h1-12,14,20-21,25-26H,13,15H2,(H,27,28). The number of carboxylic acids is 1. The van der Waals surface area contributed by atoms with Crippen LogP contribution in [0.2, 0.25) is 0 Å². The number of benzene rings is 3. The first-order valence-corrected chi connectivity index (χ1v) is 9.46. The first-order chi connectivity index (χ1) is 14.5. The molecule has 3 N–H and O–H groups in total. The van der Waals surface area contributed by atoms with Gasteiger partial charge < -0.3 is 20.1 Å². The number of carbonyl (C=O) groups is 2. The highest BCUT2D eigenvalue weighted by molar-refractivity contribution is 5.94. The second-order valence-electron chi connectivity index (χ2n) is 6.91. The summed E-state index contributed by atoms with van der Waals surface area (Å²) in [6.07, 6.45) is -0.248. The lowest BCUT2D eigenvalue weighted by Crippen LogP contribution is -2.29. The number of rotatable bonds is 8. The van der Waals surface area contributed by atoms with Gasteiger partial charge in [0.05, 0.1) is 0 Å². The van der Waals surface area contributed by atoms with E-state index in [-0.39, 0.29) is 36.0 Å². The van der Waals surface area contributed by atoms with Gasteiger partial charge in [-0.1, -0.05) is 66.7 Å². The number of aromatic hydroxyl groups is 2. The van der Waals surface area contributed by atoms with Gasteiger partial charge in [0, 0.05) is 12.0 Å². The van der Waals surface area contributed by atoms with Crippen molar-refractivity contribution >= 4 is 11.9 Å². The van der Waals surface area contributed by atoms with Crippen LogP contribution in [0.3, 0.4) is 0 Å². The summed E-state index contributed by atoms with van der Waals surface area (Å²) in [5.41, 5.74) is 2.12. The zero-order valence-corrected chi connectivity index (χ0v) is 16.1. The van der Waals surface area contributed by atoms with Crippen LogP contribution in [-0.4, -0.2) is 33.9 Å². The molecule has 3 aromatic carbocycles. The van der Waals surface area contributed by atoms with E-state index in [0.29, 0.717) is 0 Å². The molecular formula is C24H22O6. The smallest absolute Gasteiger partial charge is 0.320 e. The zero-order valence-electron chi connectivity index (χ0n) is 16.1. The minimum absolute atomic E-state index is 0.0157. The van der Waals surface area contributed by atoms with Crippen LogP contribution in [0.1, 0.15) is 22.6 Å². The van der Waals surface area contributed by atoms with Crippen molar-refractivity contribution in [3.8, 4) is 11.5 Å². The van der Waals surface area contributed by atoms with E-state index in [1.54, 1.807) is 0 Å². The van der Waals surface area contributed by atoms with E-state index >= 15 is 0 Å². The van der Waals surface area contributed by atoms with Crippen LogP contribution >= 0.6 is 0 Å². The second-order valence-corrected chi connectivity index (χ2v) is 6.91. The molecule has 0 bridgehead atoms. The third-order valence-electron chi connectivity index (χ3n) is 4.87. The van der Waals surface area contributed by atoms with E-state index in [1.165, 1.54) is 12.1 Å². The number of ether oxygens (including phenoxy) is 1. The highest BCUT2D eigenvalue weighted by Gasteiger charge is 2.30. The quantitative estimate of drug-likeness (QED) is 0.389. The molecule has 6 heteroatoms. The highest BCUT2D eigenvalue weighted by atomic mass is 16.5. The summed E-state index contributed by atoms with van der Waals surface area (Å²) in [4.78, 5) is 24.3. The average molecular weight is 406 g/mol. The Balaban J connectivity index is 1.76. The van der Waals surface area contributed by atoms with Crippen LogP contribution in [0.4, 0.5) is 0 Å². The van der Waals surface area contributed by atoms with E-state index in [1.807, 2.05) is 60.7 Å². The van der Waals surface area contributed by atoms with Gasteiger partial charge in [-0.05, 0) is 29.2 Å². The Labute approximate surface area is 174 Å². The molecule has 1 unspecified atom stereocenters. The third kappa shape index (κ3) is 5.17. The summed E-state index contributed by atoms with van der Waals surface area (Å²) in [5, 5.41) is 28.8. The fourth-order valence-electron chi connectivity index (χ4n) is 3.24. The number of carboxylic acid groups (broad SMARTS) is 1. The van der Waals surface area contributed by atoms with Gasteiger partial charge in [-0.25, -0.2) is 0 Å². The number of esters is 1. The Morgan fingerprint density at radius 3 is 1.90 bits per heavy atom. The SMILES string of the molecule is O=C(O)C(Cc1ccc(O)cc1O)C(=O)OCC(c1ccccc1)c1ccccc1. The molecule has 0 saturated heterocycles. The van der Waals surface area contributed by atoms with E-state index < -0.39 is 17.9 Å². The molecule has 6 nitrogen and oxygen atoms in total. The fraction of sp³-hybridized carbons (Fsp3) is 0.167. The van der Waals surface area contributed by atoms with Crippen LogP contribution in [0.25, 0.3) is 0 Å². The monoisotopic (exact) mass is 406 g/mol. The van der Waals surface area contributed by atoms with E-state index in [2.05, 4.69) is 0 Å². The van der Waals surface area contributed by atoms with Crippen molar-refractivity contribution in [3.05, 3.63) is 95.6 Å². The van der Waals surface area contributed by atoms with Gasteiger partial charge in [-0.3, -0.25) is 9.59 Å². The van der Waals surface area contributed by atoms with Gasteiger partial charge in [0.15, 0.2) is 5.92 Å². The van der Waals surface area contributed by atoms with Gasteiger partial charge in [-0.15, -0.1) is 0 Å². The molecule has 154 valence electrons. The van der Waals surface area contributed by atoms with Crippen molar-refractivity contribution in [2.45, 2.75) is 12.3 Å². The third-order valence-corrected chi connectivity index (χ3v) is 4.87. The molecule has 0 amide bonds. The molecule has 30 heavy (non-hydrogen) atoms. The van der Waals surface area contributed by atoms with Crippen LogP contribution in [0.5, 0.6) is 11.5 Å². The number of phenolic OH excluding ortho intramolecular Hbond substituents is 2. The van der Waals surface area contributed by atoms with Crippen LogP contribution < -0.4 is 0 Å². The molecule has 0 aliphatic heterocycles. The Bertz CT molecular complexity index is 961. The molecule has 0 aliphatic carbocycles. The molecule has 0 heterocycles. The maximum Gasteiger partial charge on any atom is 0.320 e. The first kappa shape index (κ1) is 20.9. The molecule has 0 radical (unpaired) electrons. The maximum atomic E-state index is 12.6. The molecule has 0 fully saturated rings. The lowest BCUT2D eigenvalue weighted by molar-refractivity contribution is -0.158. The lowest BCUT2D eigenvalue weighted by atomic mass is 9.92. The summed E-state index contributed by atoms with van der Waals surface area (Å²) < 4.78 is 5.42. The molecule has 0 spiro atoms. The average Bonchev–Trinajstić information content (AvgIpc) is 2.74. The van der Waals surface area contributed by atoms with Crippen molar-refractivity contribution in [2.75, 3.05) is 6.61 Å². The minimum Gasteiger partial charge on any atom is -0.508 e. The van der Waals surface area contributed by atoms with Crippen LogP contribution in [0.15, 0.2) is 78.9 Å². The van der Waals surface area contributed by atoms with Crippen molar-refractivity contribution in [2.24, 2.45) is 5.92 Å². The summed E-state index contributed by atoms with van der Waals surface area (Å²) in [7, 11) is 0. The predicted octanol–water partition coefficient (Wildman–Crippen LogP) is 3.72. The van der Waals surface area contributed by atoms with Gasteiger partial charge >= 0.3 is 11.9 Å². The van der Waals surface area contributed by atoms with Gasteiger partial charge in [0.25, 0.3) is 0 Å². The maximum absolute atomic E-state index is 12.6. The second kappa shape index (κ2) is 9.60. The molecule has 0 aromatic heterocycles. The summed E-state index contributed by atoms with van der Waals surface area (Å²) >= 11 is 0. The molecule has 3 aromatic rings. The number of hydrogen-bond acceptors (Lipinski definition) is 5. The molecular weight excluding hydrogens is 384 g/mol. The number of aliphatic carboxylic acids is 1. The van der Waals surface area contributed by atoms with E-state index in [4.69, 9.17) is 4.74 Å². The fourth-order valence-corrected chi connectivity index (χ4v) is 3.24. The van der Waals surface area contributed by atoms with Gasteiger partial charge in [0.2, 0.25) is 0 Å². The van der Waals surface area contributed by atoms with E-state index in [0.717, 1.165) is 17.2 Å². The Hall–Kier alpha value is -3.80. The summed E-state index contributed by atoms with van der Waals surface area (Å²) in [6.45, 7) is -0.0157. The topological polar surface area (TPSA) is 104 Å². The van der Waals surface area contributed by atoms with Crippen LogP contribution in [-0.2, 0) is 20.7 Å². The Morgan fingerprint density at radius 1 is 0.833 bits per heavy atom. The summed E-state index contributed by atoms with van der Waals surface area (Å²) in [6, 6.07) is 22.8. The zero-order chi connectivity index (χ0) is 21.5. The van der Waals surface area contributed by atoms with Crippen LogP contribution in [0, 0.1) is 5.92 Å². The summed E-state index contributed by atoms with van der Waals surface area (Å²) in [5.74, 6) is -4.38. The van der Waals surface area contributed by atoms with Crippen molar-refractivity contribution < 1.29 is 29.6 Å². The minimum atomic E-state index is -1.48. The molecule has 0 saturated carbocycles. The van der Waals surface area contributed by atoms with Gasteiger partial charge in [-0.2, -0.15) is 0 Å². The number of phenols is 2. The lowest BCUT2D eigenvalue weighted by Gasteiger charge is -2.20. The van der Waals surface area contributed by atoms with Gasteiger partial charge in [0.1, 0.15) is 18.1 Å². The number of hydrogen-bond donors (Lipinski definition) is 3. The van der Waals surface area contributed by atoms with E-state index in [9.17, 15) is 24.9 Å². The Kier molecular flexibility index (Phi) is 6.70. The van der Waals surface area contributed by atoms with Crippen molar-refractivity contribution in [3.63, 3.8) is 0 Å². The first-order valence-electron chi connectivity index (χ1n) is 9.46. The normalized spacial score (nSPS) is 11.8. The van der Waals surface area contributed by atoms with Crippen molar-refractivity contribution in [1.82, 2.24) is 0 Å². The van der Waals surface area contributed by atoms with Crippen molar-refractivity contribution in [1.29, 1.82) is 0 Å².